The van der Waals surface area contributed by atoms with Gasteiger partial charge in [0.25, 0.3) is 0 Å². The summed E-state index contributed by atoms with van der Waals surface area (Å²) in [5.74, 6) is -2.13. The van der Waals surface area contributed by atoms with Gasteiger partial charge in [0.15, 0.2) is 0 Å². The summed E-state index contributed by atoms with van der Waals surface area (Å²) in [6.07, 6.45) is 0.985. The number of aromatic nitrogens is 3. The smallest absolute Gasteiger partial charge is 0.341 e. The van der Waals surface area contributed by atoms with Gasteiger partial charge in [-0.2, -0.15) is 0 Å². The van der Waals surface area contributed by atoms with Crippen LogP contribution in [-0.2, 0) is 0 Å². The third-order valence-electron chi connectivity index (χ3n) is 5.09. The van der Waals surface area contributed by atoms with Gasteiger partial charge >= 0.3 is 5.97 Å². The fourth-order valence-corrected chi connectivity index (χ4v) is 3.61. The summed E-state index contributed by atoms with van der Waals surface area (Å²) in [6, 6.07) is 19.8. The molecule has 0 bridgehead atoms. The molecular weight excluding hydrogens is 397 g/mol. The van der Waals surface area contributed by atoms with Gasteiger partial charge in [-0.1, -0.05) is 60.7 Å². The summed E-state index contributed by atoms with van der Waals surface area (Å²) in [7, 11) is 0. The third-order valence-corrected chi connectivity index (χ3v) is 5.09. The zero-order valence-corrected chi connectivity index (χ0v) is 16.0. The number of halogens is 1. The number of hydrogen-bond acceptors (Lipinski definition) is 4. The maximum atomic E-state index is 15.1. The van der Waals surface area contributed by atoms with E-state index >= 15 is 4.39 Å². The first kappa shape index (κ1) is 18.6. The molecule has 0 aliphatic rings. The maximum absolute atomic E-state index is 15.1. The fourth-order valence-electron chi connectivity index (χ4n) is 3.61. The Morgan fingerprint density at radius 2 is 1.58 bits per heavy atom. The first-order chi connectivity index (χ1) is 15.0. The Labute approximate surface area is 174 Å². The van der Waals surface area contributed by atoms with E-state index in [4.69, 9.17) is 4.98 Å². The topological polar surface area (TPSA) is 95.9 Å². The molecule has 31 heavy (non-hydrogen) atoms. The van der Waals surface area contributed by atoms with E-state index in [-0.39, 0.29) is 21.9 Å². The van der Waals surface area contributed by atoms with Crippen LogP contribution in [0.4, 0.5) is 4.39 Å². The van der Waals surface area contributed by atoms with Gasteiger partial charge in [-0.05, 0) is 6.07 Å². The van der Waals surface area contributed by atoms with Gasteiger partial charge in [-0.3, -0.25) is 9.78 Å². The molecule has 0 spiro atoms. The predicted octanol–water partition coefficient (Wildman–Crippen LogP) is 4.64. The Bertz CT molecular complexity index is 1530. The summed E-state index contributed by atoms with van der Waals surface area (Å²) < 4.78 is 15.1. The molecule has 6 nitrogen and oxygen atoms in total. The summed E-state index contributed by atoms with van der Waals surface area (Å²) in [6.45, 7) is 0. The van der Waals surface area contributed by atoms with Gasteiger partial charge in [-0.25, -0.2) is 14.2 Å². The second-order valence-corrected chi connectivity index (χ2v) is 6.98. The first-order valence-electron chi connectivity index (χ1n) is 9.44. The van der Waals surface area contributed by atoms with E-state index in [2.05, 4.69) is 9.97 Å². The number of aromatic carboxylic acids is 1. The highest BCUT2D eigenvalue weighted by Gasteiger charge is 2.20. The zero-order valence-electron chi connectivity index (χ0n) is 16.0. The molecule has 2 heterocycles. The molecule has 0 saturated heterocycles. The van der Waals surface area contributed by atoms with Crippen molar-refractivity contribution >= 4 is 27.9 Å². The average Bonchev–Trinajstić information content (AvgIpc) is 2.80. The summed E-state index contributed by atoms with van der Waals surface area (Å²) >= 11 is 0. The van der Waals surface area contributed by atoms with Crippen LogP contribution in [0.2, 0.25) is 0 Å². The first-order valence-corrected chi connectivity index (χ1v) is 9.44. The van der Waals surface area contributed by atoms with Gasteiger partial charge in [-0.15, -0.1) is 0 Å². The number of pyridine rings is 1. The van der Waals surface area contributed by atoms with Crippen molar-refractivity contribution in [3.05, 3.63) is 94.5 Å². The van der Waals surface area contributed by atoms with Crippen molar-refractivity contribution in [2.24, 2.45) is 0 Å². The number of carboxylic acid groups (broad SMARTS) is 1. The van der Waals surface area contributed by atoms with E-state index in [9.17, 15) is 14.7 Å². The van der Waals surface area contributed by atoms with Gasteiger partial charge in [0.1, 0.15) is 27.9 Å². The second kappa shape index (κ2) is 7.14. The van der Waals surface area contributed by atoms with Crippen molar-refractivity contribution in [1.29, 1.82) is 0 Å². The van der Waals surface area contributed by atoms with Crippen LogP contribution in [0.5, 0.6) is 0 Å². The van der Waals surface area contributed by atoms with Crippen molar-refractivity contribution in [2.45, 2.75) is 0 Å². The third kappa shape index (κ3) is 3.03. The van der Waals surface area contributed by atoms with Crippen molar-refractivity contribution < 1.29 is 14.3 Å². The number of fused-ring (bicyclic) bond motifs is 3. The van der Waals surface area contributed by atoms with Gasteiger partial charge in [0.05, 0.1) is 16.8 Å². The Kier molecular flexibility index (Phi) is 4.29. The van der Waals surface area contributed by atoms with Gasteiger partial charge in [0.2, 0.25) is 5.43 Å². The number of hydrogen-bond donors (Lipinski definition) is 2. The van der Waals surface area contributed by atoms with Crippen molar-refractivity contribution in [3.8, 4) is 22.5 Å². The highest BCUT2D eigenvalue weighted by atomic mass is 19.1. The molecule has 0 fully saturated rings. The quantitative estimate of drug-likeness (QED) is 0.422. The minimum absolute atomic E-state index is 0.0843. The molecule has 0 aliphatic heterocycles. The number of H-pyrrole nitrogens is 1. The predicted molar refractivity (Wildman–Crippen MR) is 115 cm³/mol. The normalized spacial score (nSPS) is 11.1. The number of rotatable bonds is 3. The highest BCUT2D eigenvalue weighted by molar-refractivity contribution is 6.05. The van der Waals surface area contributed by atoms with Crippen LogP contribution in [0.25, 0.3) is 44.5 Å². The van der Waals surface area contributed by atoms with Crippen LogP contribution in [0.1, 0.15) is 10.4 Å². The van der Waals surface area contributed by atoms with E-state index in [0.717, 1.165) is 23.4 Å². The lowest BCUT2D eigenvalue weighted by atomic mass is 10.0. The Morgan fingerprint density at radius 1 is 0.935 bits per heavy atom. The largest absolute Gasteiger partial charge is 0.477 e. The van der Waals surface area contributed by atoms with Crippen molar-refractivity contribution in [3.63, 3.8) is 0 Å². The van der Waals surface area contributed by atoms with E-state index in [1.165, 1.54) is 0 Å². The van der Waals surface area contributed by atoms with Crippen LogP contribution < -0.4 is 5.43 Å². The highest BCUT2D eigenvalue weighted by Crippen LogP contribution is 2.33. The van der Waals surface area contributed by atoms with E-state index in [1.807, 2.05) is 60.7 Å². The zero-order chi connectivity index (χ0) is 21.5. The SMILES string of the molecule is O=C(O)c1cnc2c(cc(F)c3[nH]c(-c4ccccc4)c(-c4ccccc4)nc32)c1=O. The molecule has 0 aliphatic carbocycles. The molecule has 7 heteroatoms. The molecule has 150 valence electrons. The van der Waals surface area contributed by atoms with Gasteiger partial charge in [0, 0.05) is 17.3 Å². The summed E-state index contributed by atoms with van der Waals surface area (Å²) in [5.41, 5.74) is 1.84. The van der Waals surface area contributed by atoms with Crippen molar-refractivity contribution in [1.82, 2.24) is 15.0 Å². The summed E-state index contributed by atoms with van der Waals surface area (Å²) in [5, 5.41) is 9.08. The van der Waals surface area contributed by atoms with Crippen LogP contribution >= 0.6 is 0 Å². The second-order valence-electron chi connectivity index (χ2n) is 6.98. The van der Waals surface area contributed by atoms with E-state index in [1.54, 1.807) is 0 Å². The number of carbonyl (C=O) groups is 1. The number of nitrogens with one attached hydrogen (secondary N) is 1. The lowest BCUT2D eigenvalue weighted by Gasteiger charge is -2.13. The monoisotopic (exact) mass is 411 g/mol. The van der Waals surface area contributed by atoms with Crippen LogP contribution in [0.15, 0.2) is 77.7 Å². The Balaban J connectivity index is 1.93. The number of benzene rings is 3. The molecule has 5 rings (SSSR count). The molecular formula is C24H14FN3O3. The molecule has 2 N–H and O–H groups in total. The van der Waals surface area contributed by atoms with Crippen molar-refractivity contribution in [2.75, 3.05) is 0 Å². The number of carboxylic acids is 1. The molecule has 5 aromatic rings. The molecule has 0 amide bonds. The molecule has 0 unspecified atom stereocenters. The molecule has 0 atom stereocenters. The van der Waals surface area contributed by atoms with E-state index in [0.29, 0.717) is 11.4 Å². The Hall–Kier alpha value is -4.39. The standard InChI is InChI=1S/C24H14FN3O3/c25-17-11-15-20(26-12-16(23(15)29)24(30)31)22-21(17)27-18(13-7-3-1-4-8-13)19(28-22)14-9-5-2-6-10-14/h1-12,27H,(H,30,31). The van der Waals surface area contributed by atoms with Crippen LogP contribution in [0, 0.1) is 5.82 Å². The number of nitrogens with zero attached hydrogens (tertiary/aromatic N) is 2. The lowest BCUT2D eigenvalue weighted by Crippen LogP contribution is -2.16. The fraction of sp³-hybridized carbons (Fsp3) is 0. The maximum Gasteiger partial charge on any atom is 0.341 e. The minimum atomic E-state index is -1.41. The number of aromatic amines is 1. The van der Waals surface area contributed by atoms with Gasteiger partial charge < -0.3 is 10.1 Å². The molecule has 3 aromatic carbocycles. The Morgan fingerprint density at radius 3 is 2.23 bits per heavy atom. The van der Waals surface area contributed by atoms with E-state index < -0.39 is 22.8 Å². The summed E-state index contributed by atoms with van der Waals surface area (Å²) in [4.78, 5) is 35.9. The van der Waals surface area contributed by atoms with Crippen LogP contribution in [0.3, 0.4) is 0 Å². The minimum Gasteiger partial charge on any atom is -0.477 e. The molecule has 0 saturated carbocycles. The molecule has 0 radical (unpaired) electrons. The molecule has 2 aromatic heterocycles. The lowest BCUT2D eigenvalue weighted by molar-refractivity contribution is 0.0695. The average molecular weight is 411 g/mol. The van der Waals surface area contributed by atoms with Crippen LogP contribution in [-0.4, -0.2) is 26.0 Å².